The Bertz CT molecular complexity index is 578. The Morgan fingerprint density at radius 2 is 1.83 bits per heavy atom. The number of piperidine rings is 1. The van der Waals surface area contributed by atoms with E-state index in [-0.39, 0.29) is 18.2 Å². The van der Waals surface area contributed by atoms with E-state index in [0.29, 0.717) is 12.1 Å². The van der Waals surface area contributed by atoms with Gasteiger partial charge in [-0.3, -0.25) is 4.90 Å². The second-order valence-corrected chi connectivity index (χ2v) is 6.90. The fraction of sp³-hybridized carbons (Fsp3) is 0.556. The molecule has 1 aromatic rings. The van der Waals surface area contributed by atoms with Crippen molar-refractivity contribution in [3.05, 3.63) is 29.8 Å². The Morgan fingerprint density at radius 3 is 2.42 bits per heavy atom. The molecule has 2 rings (SSSR count). The molecule has 6 nitrogen and oxygen atoms in total. The van der Waals surface area contributed by atoms with Gasteiger partial charge in [0.1, 0.15) is 11.8 Å². The molecule has 24 heavy (non-hydrogen) atoms. The van der Waals surface area contributed by atoms with Crippen LogP contribution < -0.4 is 5.32 Å². The van der Waals surface area contributed by atoms with Crippen LogP contribution in [0.3, 0.4) is 0 Å². The fourth-order valence-corrected chi connectivity index (χ4v) is 2.63. The number of carbonyl (C=O) groups is 2. The SMILES string of the molecule is COC(=O)c1ccc(NC2CCCCN2C(=O)OC(C)(C)C)cc1. The highest BCUT2D eigenvalue weighted by Gasteiger charge is 2.30. The fourth-order valence-electron chi connectivity index (χ4n) is 2.63. The zero-order chi connectivity index (χ0) is 17.7. The van der Waals surface area contributed by atoms with Crippen molar-refractivity contribution in [2.24, 2.45) is 0 Å². The first-order valence-electron chi connectivity index (χ1n) is 8.25. The second-order valence-electron chi connectivity index (χ2n) is 6.90. The van der Waals surface area contributed by atoms with Crippen LogP contribution in [-0.4, -0.2) is 42.4 Å². The lowest BCUT2D eigenvalue weighted by molar-refractivity contribution is 0.0130. The number of ether oxygens (including phenoxy) is 2. The number of likely N-dealkylation sites (tertiary alicyclic amines) is 1. The molecule has 0 bridgehead atoms. The Hall–Kier alpha value is -2.24. The van der Waals surface area contributed by atoms with Crippen LogP contribution in [0.1, 0.15) is 50.4 Å². The van der Waals surface area contributed by atoms with Crippen molar-refractivity contribution in [3.8, 4) is 0 Å². The topological polar surface area (TPSA) is 67.9 Å². The third-order valence-corrected chi connectivity index (χ3v) is 3.77. The number of hydrogen-bond donors (Lipinski definition) is 1. The molecule has 1 N–H and O–H groups in total. The molecule has 1 aliphatic rings. The summed E-state index contributed by atoms with van der Waals surface area (Å²) in [5.41, 5.74) is 0.833. The lowest BCUT2D eigenvalue weighted by Gasteiger charge is -2.37. The van der Waals surface area contributed by atoms with Crippen LogP contribution in [0.2, 0.25) is 0 Å². The summed E-state index contributed by atoms with van der Waals surface area (Å²) in [6.45, 7) is 6.27. The average Bonchev–Trinajstić information content (AvgIpc) is 2.53. The maximum Gasteiger partial charge on any atom is 0.411 e. The van der Waals surface area contributed by atoms with Crippen LogP contribution in [0.25, 0.3) is 0 Å². The number of nitrogens with zero attached hydrogens (tertiary/aromatic N) is 1. The first-order chi connectivity index (χ1) is 11.3. The number of nitrogens with one attached hydrogen (secondary N) is 1. The van der Waals surface area contributed by atoms with Gasteiger partial charge in [0.2, 0.25) is 0 Å². The number of esters is 1. The van der Waals surface area contributed by atoms with E-state index in [2.05, 4.69) is 5.32 Å². The summed E-state index contributed by atoms with van der Waals surface area (Å²) >= 11 is 0. The van der Waals surface area contributed by atoms with Crippen molar-refractivity contribution in [1.29, 1.82) is 0 Å². The van der Waals surface area contributed by atoms with Crippen molar-refractivity contribution in [2.45, 2.75) is 51.8 Å². The van der Waals surface area contributed by atoms with Crippen LogP contribution in [0, 0.1) is 0 Å². The third-order valence-electron chi connectivity index (χ3n) is 3.77. The third kappa shape index (κ3) is 4.88. The minimum Gasteiger partial charge on any atom is -0.465 e. The molecule has 6 heteroatoms. The number of anilines is 1. The molecule has 0 aromatic heterocycles. The largest absolute Gasteiger partial charge is 0.465 e. The molecule has 1 heterocycles. The molecular weight excluding hydrogens is 308 g/mol. The summed E-state index contributed by atoms with van der Waals surface area (Å²) in [4.78, 5) is 25.6. The summed E-state index contributed by atoms with van der Waals surface area (Å²) in [5.74, 6) is -0.366. The molecule has 1 unspecified atom stereocenters. The monoisotopic (exact) mass is 334 g/mol. The van der Waals surface area contributed by atoms with E-state index in [1.165, 1.54) is 7.11 Å². The highest BCUT2D eigenvalue weighted by Crippen LogP contribution is 2.22. The van der Waals surface area contributed by atoms with E-state index in [4.69, 9.17) is 9.47 Å². The number of amides is 1. The molecule has 1 aromatic carbocycles. The lowest BCUT2D eigenvalue weighted by atomic mass is 10.1. The Labute approximate surface area is 143 Å². The van der Waals surface area contributed by atoms with Crippen molar-refractivity contribution in [2.75, 3.05) is 19.0 Å². The number of hydrogen-bond acceptors (Lipinski definition) is 5. The van der Waals surface area contributed by atoms with Gasteiger partial charge in [-0.15, -0.1) is 0 Å². The minimum absolute atomic E-state index is 0.113. The van der Waals surface area contributed by atoms with Gasteiger partial charge in [-0.25, -0.2) is 9.59 Å². The van der Waals surface area contributed by atoms with Gasteiger partial charge in [-0.1, -0.05) is 0 Å². The highest BCUT2D eigenvalue weighted by atomic mass is 16.6. The van der Waals surface area contributed by atoms with Crippen LogP contribution in [0.4, 0.5) is 10.5 Å². The first-order valence-corrected chi connectivity index (χ1v) is 8.25. The Balaban J connectivity index is 2.05. The van der Waals surface area contributed by atoms with E-state index in [9.17, 15) is 9.59 Å². The van der Waals surface area contributed by atoms with Gasteiger partial charge in [0.25, 0.3) is 0 Å². The quantitative estimate of drug-likeness (QED) is 0.855. The van der Waals surface area contributed by atoms with Gasteiger partial charge in [-0.2, -0.15) is 0 Å². The summed E-state index contributed by atoms with van der Waals surface area (Å²) < 4.78 is 10.2. The standard InChI is InChI=1S/C18H26N2O4/c1-18(2,3)24-17(22)20-12-6-5-7-15(20)19-14-10-8-13(9-11-14)16(21)23-4/h8-11,15,19H,5-7,12H2,1-4H3. The van der Waals surface area contributed by atoms with Crippen LogP contribution in [0.15, 0.2) is 24.3 Å². The predicted molar refractivity (Wildman–Crippen MR) is 92.0 cm³/mol. The predicted octanol–water partition coefficient (Wildman–Crippen LogP) is 3.63. The van der Waals surface area contributed by atoms with Crippen LogP contribution >= 0.6 is 0 Å². The highest BCUT2D eigenvalue weighted by molar-refractivity contribution is 5.89. The maximum absolute atomic E-state index is 12.4. The summed E-state index contributed by atoms with van der Waals surface area (Å²) in [6.07, 6.45) is 2.47. The van der Waals surface area contributed by atoms with Gasteiger partial charge in [0.15, 0.2) is 0 Å². The molecular formula is C18H26N2O4. The number of rotatable bonds is 3. The molecule has 0 saturated carbocycles. The molecule has 132 valence electrons. The van der Waals surface area contributed by atoms with Gasteiger partial charge in [0, 0.05) is 12.2 Å². The molecule has 1 saturated heterocycles. The van der Waals surface area contributed by atoms with Crippen molar-refractivity contribution < 1.29 is 19.1 Å². The second kappa shape index (κ2) is 7.55. The first kappa shape index (κ1) is 18.1. The molecule has 1 fully saturated rings. The minimum atomic E-state index is -0.513. The van der Waals surface area contributed by atoms with Crippen molar-refractivity contribution in [3.63, 3.8) is 0 Å². The molecule has 1 aliphatic heterocycles. The van der Waals surface area contributed by atoms with E-state index >= 15 is 0 Å². The number of carbonyl (C=O) groups excluding carboxylic acids is 2. The van der Waals surface area contributed by atoms with Crippen LogP contribution in [0.5, 0.6) is 0 Å². The molecule has 0 radical (unpaired) electrons. The van der Waals surface area contributed by atoms with E-state index in [0.717, 1.165) is 24.9 Å². The van der Waals surface area contributed by atoms with Gasteiger partial charge >= 0.3 is 12.1 Å². The number of methoxy groups -OCH3 is 1. The molecule has 1 atom stereocenters. The summed E-state index contributed by atoms with van der Waals surface area (Å²) in [6, 6.07) is 7.03. The van der Waals surface area contributed by atoms with Crippen molar-refractivity contribution >= 4 is 17.7 Å². The smallest absolute Gasteiger partial charge is 0.411 e. The normalized spacial score (nSPS) is 18.0. The van der Waals surface area contributed by atoms with E-state index in [1.807, 2.05) is 32.9 Å². The summed E-state index contributed by atoms with van der Waals surface area (Å²) in [7, 11) is 1.36. The van der Waals surface area contributed by atoms with E-state index < -0.39 is 5.60 Å². The maximum atomic E-state index is 12.4. The van der Waals surface area contributed by atoms with E-state index in [1.54, 1.807) is 17.0 Å². The molecule has 0 aliphatic carbocycles. The van der Waals surface area contributed by atoms with Crippen LogP contribution in [-0.2, 0) is 9.47 Å². The molecule has 0 spiro atoms. The van der Waals surface area contributed by atoms with Gasteiger partial charge in [0.05, 0.1) is 12.7 Å². The average molecular weight is 334 g/mol. The number of benzene rings is 1. The van der Waals surface area contributed by atoms with Crippen molar-refractivity contribution in [1.82, 2.24) is 4.90 Å². The van der Waals surface area contributed by atoms with Gasteiger partial charge in [-0.05, 0) is 64.3 Å². The zero-order valence-corrected chi connectivity index (χ0v) is 14.8. The molecule has 1 amide bonds. The lowest BCUT2D eigenvalue weighted by Crippen LogP contribution is -2.49. The Morgan fingerprint density at radius 1 is 1.17 bits per heavy atom. The summed E-state index contributed by atoms with van der Waals surface area (Å²) in [5, 5.41) is 3.35. The Kier molecular flexibility index (Phi) is 5.70. The van der Waals surface area contributed by atoms with Gasteiger partial charge < -0.3 is 14.8 Å². The zero-order valence-electron chi connectivity index (χ0n) is 14.8.